The molecule has 0 aliphatic rings. The van der Waals surface area contributed by atoms with E-state index in [1.54, 1.807) is 7.11 Å². The van der Waals surface area contributed by atoms with Crippen molar-refractivity contribution in [3.8, 4) is 5.75 Å². The zero-order valence-corrected chi connectivity index (χ0v) is 13.0. The number of ether oxygens (including phenoxy) is 1. The fraction of sp³-hybridized carbons (Fsp3) is 0.278. The molecule has 1 N–H and O–H groups in total. The monoisotopic (exact) mass is 283 g/mol. The van der Waals surface area contributed by atoms with Gasteiger partial charge in [0.25, 0.3) is 0 Å². The molecule has 2 rings (SSSR count). The van der Waals surface area contributed by atoms with Crippen LogP contribution < -0.4 is 10.1 Å². The van der Waals surface area contributed by atoms with E-state index in [0.717, 1.165) is 33.7 Å². The van der Waals surface area contributed by atoms with Gasteiger partial charge in [0.05, 0.1) is 13.5 Å². The third-order valence-electron chi connectivity index (χ3n) is 3.66. The second kappa shape index (κ2) is 6.44. The number of benzene rings is 2. The largest absolute Gasteiger partial charge is 0.497 e. The van der Waals surface area contributed by atoms with Gasteiger partial charge in [0.1, 0.15) is 5.75 Å². The normalized spacial score (nSPS) is 10.3. The van der Waals surface area contributed by atoms with Gasteiger partial charge in [0.2, 0.25) is 5.91 Å². The SMILES string of the molecule is COc1cc(C)c(CC(=O)Nc2ccccc2C)c(C)c1. The van der Waals surface area contributed by atoms with Crippen LogP contribution in [0.3, 0.4) is 0 Å². The first-order valence-corrected chi connectivity index (χ1v) is 7.01. The molecule has 3 nitrogen and oxygen atoms in total. The maximum absolute atomic E-state index is 12.3. The van der Waals surface area contributed by atoms with E-state index in [1.165, 1.54) is 0 Å². The van der Waals surface area contributed by atoms with Crippen molar-refractivity contribution in [2.24, 2.45) is 0 Å². The third kappa shape index (κ3) is 3.63. The molecule has 0 saturated heterocycles. The highest BCUT2D eigenvalue weighted by molar-refractivity contribution is 5.93. The van der Waals surface area contributed by atoms with E-state index in [0.29, 0.717) is 6.42 Å². The Balaban J connectivity index is 2.15. The maximum atomic E-state index is 12.3. The third-order valence-corrected chi connectivity index (χ3v) is 3.66. The molecule has 0 saturated carbocycles. The Morgan fingerprint density at radius 2 is 1.67 bits per heavy atom. The molecule has 110 valence electrons. The fourth-order valence-corrected chi connectivity index (χ4v) is 2.42. The molecule has 0 spiro atoms. The lowest BCUT2D eigenvalue weighted by atomic mass is 9.99. The Labute approximate surface area is 126 Å². The van der Waals surface area contributed by atoms with Gasteiger partial charge in [-0.3, -0.25) is 4.79 Å². The minimum Gasteiger partial charge on any atom is -0.497 e. The molecule has 0 unspecified atom stereocenters. The van der Waals surface area contributed by atoms with Crippen molar-refractivity contribution in [2.45, 2.75) is 27.2 Å². The van der Waals surface area contributed by atoms with Crippen molar-refractivity contribution in [1.29, 1.82) is 0 Å². The zero-order chi connectivity index (χ0) is 15.4. The van der Waals surface area contributed by atoms with Crippen LogP contribution in [0.15, 0.2) is 36.4 Å². The molecule has 0 aliphatic carbocycles. The van der Waals surface area contributed by atoms with Crippen molar-refractivity contribution in [3.05, 3.63) is 58.7 Å². The first kappa shape index (κ1) is 15.1. The van der Waals surface area contributed by atoms with Gasteiger partial charge in [-0.25, -0.2) is 0 Å². The second-order valence-electron chi connectivity index (χ2n) is 5.28. The summed E-state index contributed by atoms with van der Waals surface area (Å²) in [4.78, 5) is 12.3. The summed E-state index contributed by atoms with van der Waals surface area (Å²) in [5.41, 5.74) is 5.14. The number of nitrogens with one attached hydrogen (secondary N) is 1. The number of anilines is 1. The quantitative estimate of drug-likeness (QED) is 0.926. The first-order chi connectivity index (χ1) is 10.0. The van der Waals surface area contributed by atoms with E-state index < -0.39 is 0 Å². The minimum atomic E-state index is 0.000617. The van der Waals surface area contributed by atoms with Gasteiger partial charge >= 0.3 is 0 Å². The summed E-state index contributed by atoms with van der Waals surface area (Å²) in [7, 11) is 1.65. The average Bonchev–Trinajstić information content (AvgIpc) is 2.45. The Morgan fingerprint density at radius 3 is 2.24 bits per heavy atom. The number of carbonyl (C=O) groups excluding carboxylic acids is 1. The summed E-state index contributed by atoms with van der Waals surface area (Å²) in [6, 6.07) is 11.7. The lowest BCUT2D eigenvalue weighted by Crippen LogP contribution is -2.16. The molecule has 0 aromatic heterocycles. The highest BCUT2D eigenvalue weighted by Crippen LogP contribution is 2.22. The molecule has 0 radical (unpaired) electrons. The lowest BCUT2D eigenvalue weighted by Gasteiger charge is -2.13. The van der Waals surface area contributed by atoms with E-state index in [9.17, 15) is 4.79 Å². The molecule has 0 fully saturated rings. The van der Waals surface area contributed by atoms with Crippen molar-refractivity contribution >= 4 is 11.6 Å². The van der Waals surface area contributed by atoms with Gasteiger partial charge in [-0.05, 0) is 61.2 Å². The van der Waals surface area contributed by atoms with E-state index in [4.69, 9.17) is 4.74 Å². The summed E-state index contributed by atoms with van der Waals surface area (Å²) >= 11 is 0. The highest BCUT2D eigenvalue weighted by atomic mass is 16.5. The molecule has 21 heavy (non-hydrogen) atoms. The average molecular weight is 283 g/mol. The molecule has 0 bridgehead atoms. The molecule has 2 aromatic carbocycles. The number of aryl methyl sites for hydroxylation is 3. The molecule has 0 atom stereocenters. The number of carbonyl (C=O) groups is 1. The van der Waals surface area contributed by atoms with Crippen LogP contribution in [-0.4, -0.2) is 13.0 Å². The molecular formula is C18H21NO2. The Kier molecular flexibility index (Phi) is 4.63. The van der Waals surface area contributed by atoms with Crippen LogP contribution in [0.1, 0.15) is 22.3 Å². The number of amides is 1. The van der Waals surface area contributed by atoms with Crippen LogP contribution in [0.25, 0.3) is 0 Å². The number of hydrogen-bond donors (Lipinski definition) is 1. The van der Waals surface area contributed by atoms with Crippen LogP contribution in [-0.2, 0) is 11.2 Å². The van der Waals surface area contributed by atoms with Gasteiger partial charge in [-0.2, -0.15) is 0 Å². The van der Waals surface area contributed by atoms with E-state index in [-0.39, 0.29) is 5.91 Å². The van der Waals surface area contributed by atoms with Gasteiger partial charge in [0, 0.05) is 5.69 Å². The van der Waals surface area contributed by atoms with Crippen LogP contribution in [0.5, 0.6) is 5.75 Å². The zero-order valence-electron chi connectivity index (χ0n) is 13.0. The second-order valence-corrected chi connectivity index (χ2v) is 5.28. The van der Waals surface area contributed by atoms with E-state index in [2.05, 4.69) is 5.32 Å². The fourth-order valence-electron chi connectivity index (χ4n) is 2.42. The van der Waals surface area contributed by atoms with Crippen LogP contribution in [0, 0.1) is 20.8 Å². The van der Waals surface area contributed by atoms with Crippen LogP contribution >= 0.6 is 0 Å². The van der Waals surface area contributed by atoms with Gasteiger partial charge in [0.15, 0.2) is 0 Å². The maximum Gasteiger partial charge on any atom is 0.228 e. The molecule has 0 aliphatic heterocycles. The number of methoxy groups -OCH3 is 1. The molecule has 2 aromatic rings. The predicted molar refractivity (Wildman–Crippen MR) is 86.0 cm³/mol. The predicted octanol–water partition coefficient (Wildman–Crippen LogP) is 3.80. The van der Waals surface area contributed by atoms with Crippen molar-refractivity contribution in [2.75, 3.05) is 12.4 Å². The van der Waals surface area contributed by atoms with Gasteiger partial charge in [-0.1, -0.05) is 18.2 Å². The van der Waals surface area contributed by atoms with Crippen LogP contribution in [0.4, 0.5) is 5.69 Å². The Morgan fingerprint density at radius 1 is 1.05 bits per heavy atom. The van der Waals surface area contributed by atoms with Gasteiger partial charge in [-0.15, -0.1) is 0 Å². The molecular weight excluding hydrogens is 262 g/mol. The van der Waals surface area contributed by atoms with E-state index >= 15 is 0 Å². The van der Waals surface area contributed by atoms with Crippen molar-refractivity contribution < 1.29 is 9.53 Å². The number of para-hydroxylation sites is 1. The highest BCUT2D eigenvalue weighted by Gasteiger charge is 2.11. The number of rotatable bonds is 4. The molecule has 1 amide bonds. The Hall–Kier alpha value is -2.29. The minimum absolute atomic E-state index is 0.000617. The summed E-state index contributed by atoms with van der Waals surface area (Å²) in [6.07, 6.45) is 0.371. The molecule has 3 heteroatoms. The summed E-state index contributed by atoms with van der Waals surface area (Å²) in [5, 5.41) is 2.97. The van der Waals surface area contributed by atoms with E-state index in [1.807, 2.05) is 57.2 Å². The van der Waals surface area contributed by atoms with Gasteiger partial charge < -0.3 is 10.1 Å². The lowest BCUT2D eigenvalue weighted by molar-refractivity contribution is -0.115. The van der Waals surface area contributed by atoms with Crippen LogP contribution in [0.2, 0.25) is 0 Å². The topological polar surface area (TPSA) is 38.3 Å². The summed E-state index contributed by atoms with van der Waals surface area (Å²) in [5.74, 6) is 0.828. The summed E-state index contributed by atoms with van der Waals surface area (Å²) in [6.45, 7) is 6.00. The van der Waals surface area contributed by atoms with Crippen molar-refractivity contribution in [1.82, 2.24) is 0 Å². The van der Waals surface area contributed by atoms with Crippen molar-refractivity contribution in [3.63, 3.8) is 0 Å². The first-order valence-electron chi connectivity index (χ1n) is 7.01. The smallest absolute Gasteiger partial charge is 0.228 e. The number of hydrogen-bond acceptors (Lipinski definition) is 2. The Bertz CT molecular complexity index is 639. The standard InChI is InChI=1S/C18H21NO2/c1-12-7-5-6-8-17(12)19-18(20)11-16-13(2)9-15(21-4)10-14(16)3/h5-10H,11H2,1-4H3,(H,19,20). The summed E-state index contributed by atoms with van der Waals surface area (Å²) < 4.78 is 5.25. The molecule has 0 heterocycles.